The van der Waals surface area contributed by atoms with Gasteiger partial charge in [0.2, 0.25) is 0 Å². The molecule has 2 heteroatoms. The van der Waals surface area contributed by atoms with Crippen molar-refractivity contribution in [2.45, 2.75) is 50.7 Å². The largest absolute Gasteiger partial charge is 0.328 e. The summed E-state index contributed by atoms with van der Waals surface area (Å²) in [4.78, 5) is 0. The second kappa shape index (κ2) is 2.76. The molecule has 0 bridgehead atoms. The Bertz CT molecular complexity index is 140. The quantitative estimate of drug-likeness (QED) is 0.619. The van der Waals surface area contributed by atoms with Crippen LogP contribution in [-0.2, 0) is 0 Å². The number of hydrogen-bond acceptors (Lipinski definition) is 2. The van der Waals surface area contributed by atoms with Gasteiger partial charge in [0.1, 0.15) is 0 Å². The number of nitrogens with two attached hydrogens (primary N) is 1. The van der Waals surface area contributed by atoms with Crippen LogP contribution in [0.15, 0.2) is 0 Å². The molecule has 0 amide bonds. The van der Waals surface area contributed by atoms with Crippen LogP contribution in [0.25, 0.3) is 0 Å². The lowest BCUT2D eigenvalue weighted by atomic mass is 9.78. The molecule has 2 fully saturated rings. The van der Waals surface area contributed by atoms with Crippen LogP contribution in [0.5, 0.6) is 0 Å². The van der Waals surface area contributed by atoms with Gasteiger partial charge in [-0.2, -0.15) is 0 Å². The van der Waals surface area contributed by atoms with Gasteiger partial charge < -0.3 is 11.1 Å². The first-order chi connectivity index (χ1) is 5.25. The van der Waals surface area contributed by atoms with Crippen molar-refractivity contribution in [3.8, 4) is 0 Å². The highest BCUT2D eigenvalue weighted by Crippen LogP contribution is 2.29. The molecule has 3 N–H and O–H groups in total. The van der Waals surface area contributed by atoms with Crippen LogP contribution >= 0.6 is 0 Å². The second-order valence-corrected chi connectivity index (χ2v) is 4.26. The second-order valence-electron chi connectivity index (χ2n) is 4.26. The molecule has 0 aromatic rings. The van der Waals surface area contributed by atoms with Crippen molar-refractivity contribution in [2.24, 2.45) is 11.7 Å². The minimum absolute atomic E-state index is 0.489. The molecule has 64 valence electrons. The molecule has 2 saturated carbocycles. The molecule has 0 radical (unpaired) electrons. The van der Waals surface area contributed by atoms with E-state index in [2.05, 4.69) is 12.2 Å². The predicted octanol–water partition coefficient (Wildman–Crippen LogP) is 0.864. The fourth-order valence-electron chi connectivity index (χ4n) is 2.01. The third-order valence-corrected chi connectivity index (χ3v) is 3.24. The molecular weight excluding hydrogens is 136 g/mol. The Labute approximate surface area is 68.5 Å². The van der Waals surface area contributed by atoms with Gasteiger partial charge in [-0.3, -0.25) is 0 Å². The first-order valence-corrected chi connectivity index (χ1v) is 4.77. The Morgan fingerprint density at radius 2 is 2.00 bits per heavy atom. The third-order valence-electron chi connectivity index (χ3n) is 3.24. The van der Waals surface area contributed by atoms with Crippen LogP contribution in [0.2, 0.25) is 0 Å². The van der Waals surface area contributed by atoms with Gasteiger partial charge in [-0.1, -0.05) is 6.92 Å². The average Bonchev–Trinajstić information content (AvgIpc) is 1.92. The maximum absolute atomic E-state index is 5.70. The predicted molar refractivity (Wildman–Crippen MR) is 46.3 cm³/mol. The smallest absolute Gasteiger partial charge is 0.00992 e. The van der Waals surface area contributed by atoms with E-state index in [1.165, 1.54) is 25.7 Å². The van der Waals surface area contributed by atoms with Gasteiger partial charge in [-0.25, -0.2) is 0 Å². The van der Waals surface area contributed by atoms with E-state index in [-0.39, 0.29) is 0 Å². The summed E-state index contributed by atoms with van der Waals surface area (Å²) in [6, 6.07) is 2.05. The Kier molecular flexibility index (Phi) is 1.90. The molecule has 0 heterocycles. The van der Waals surface area contributed by atoms with Crippen LogP contribution in [0.1, 0.15) is 32.6 Å². The Balaban J connectivity index is 1.67. The number of rotatable bonds is 2. The highest BCUT2D eigenvalue weighted by molar-refractivity contribution is 4.93. The summed E-state index contributed by atoms with van der Waals surface area (Å²) in [7, 11) is 0. The molecule has 2 unspecified atom stereocenters. The van der Waals surface area contributed by atoms with Gasteiger partial charge in [0.25, 0.3) is 0 Å². The van der Waals surface area contributed by atoms with E-state index in [0.717, 1.165) is 18.0 Å². The van der Waals surface area contributed by atoms with E-state index in [1.807, 2.05) is 0 Å². The lowest BCUT2D eigenvalue weighted by Crippen LogP contribution is -2.55. The molecule has 2 atom stereocenters. The molecule has 0 aromatic heterocycles. The number of nitrogens with one attached hydrogen (secondary N) is 1. The monoisotopic (exact) mass is 154 g/mol. The minimum atomic E-state index is 0.489. The van der Waals surface area contributed by atoms with Crippen molar-refractivity contribution in [1.29, 1.82) is 0 Å². The van der Waals surface area contributed by atoms with Crippen LogP contribution in [0, 0.1) is 5.92 Å². The van der Waals surface area contributed by atoms with Gasteiger partial charge in [0, 0.05) is 18.1 Å². The van der Waals surface area contributed by atoms with E-state index in [4.69, 9.17) is 5.73 Å². The van der Waals surface area contributed by atoms with Crippen molar-refractivity contribution >= 4 is 0 Å². The van der Waals surface area contributed by atoms with Gasteiger partial charge >= 0.3 is 0 Å². The highest BCUT2D eigenvalue weighted by Gasteiger charge is 2.33. The molecule has 2 nitrogen and oxygen atoms in total. The van der Waals surface area contributed by atoms with E-state index >= 15 is 0 Å². The molecule has 2 aliphatic rings. The van der Waals surface area contributed by atoms with E-state index in [9.17, 15) is 0 Å². The Morgan fingerprint density at radius 3 is 2.36 bits per heavy atom. The fourth-order valence-corrected chi connectivity index (χ4v) is 2.01. The van der Waals surface area contributed by atoms with Gasteiger partial charge in [-0.15, -0.1) is 0 Å². The zero-order valence-electron chi connectivity index (χ0n) is 7.22. The summed E-state index contributed by atoms with van der Waals surface area (Å²) in [5, 5.41) is 3.65. The molecular formula is C9H18N2. The zero-order chi connectivity index (χ0) is 7.84. The maximum Gasteiger partial charge on any atom is 0.00992 e. The van der Waals surface area contributed by atoms with E-state index in [0.29, 0.717) is 6.04 Å². The summed E-state index contributed by atoms with van der Waals surface area (Å²) in [6.45, 7) is 2.33. The van der Waals surface area contributed by atoms with Crippen molar-refractivity contribution in [3.63, 3.8) is 0 Å². The standard InChI is InChI=1S/C9H18N2/c1-6-2-3-9(6)11-8-4-7(10)5-8/h6-9,11H,2-5,10H2,1H3. The zero-order valence-corrected chi connectivity index (χ0v) is 7.22. The average molecular weight is 154 g/mol. The molecule has 0 aliphatic heterocycles. The summed E-state index contributed by atoms with van der Waals surface area (Å²) in [5.74, 6) is 0.909. The van der Waals surface area contributed by atoms with Crippen molar-refractivity contribution in [1.82, 2.24) is 5.32 Å². The first-order valence-electron chi connectivity index (χ1n) is 4.77. The molecule has 0 spiro atoms. The molecule has 0 saturated heterocycles. The summed E-state index contributed by atoms with van der Waals surface area (Å²) < 4.78 is 0. The molecule has 2 rings (SSSR count). The van der Waals surface area contributed by atoms with E-state index in [1.54, 1.807) is 0 Å². The Hall–Kier alpha value is -0.0800. The normalized spacial score (nSPS) is 49.6. The van der Waals surface area contributed by atoms with Gasteiger partial charge in [0.15, 0.2) is 0 Å². The topological polar surface area (TPSA) is 38.0 Å². The number of hydrogen-bond donors (Lipinski definition) is 2. The highest BCUT2D eigenvalue weighted by atomic mass is 15.0. The van der Waals surface area contributed by atoms with Crippen molar-refractivity contribution < 1.29 is 0 Å². The van der Waals surface area contributed by atoms with Gasteiger partial charge in [0.05, 0.1) is 0 Å². The molecule has 0 aromatic carbocycles. The van der Waals surface area contributed by atoms with Crippen LogP contribution in [0.4, 0.5) is 0 Å². The third kappa shape index (κ3) is 1.42. The van der Waals surface area contributed by atoms with Gasteiger partial charge in [-0.05, 0) is 31.6 Å². The summed E-state index contributed by atoms with van der Waals surface area (Å²) in [6.07, 6.45) is 5.19. The lowest BCUT2D eigenvalue weighted by Gasteiger charge is -2.42. The summed E-state index contributed by atoms with van der Waals surface area (Å²) >= 11 is 0. The van der Waals surface area contributed by atoms with Crippen molar-refractivity contribution in [2.75, 3.05) is 0 Å². The van der Waals surface area contributed by atoms with E-state index < -0.39 is 0 Å². The minimum Gasteiger partial charge on any atom is -0.328 e. The van der Waals surface area contributed by atoms with Crippen LogP contribution in [0.3, 0.4) is 0 Å². The lowest BCUT2D eigenvalue weighted by molar-refractivity contribution is 0.168. The van der Waals surface area contributed by atoms with Crippen molar-refractivity contribution in [3.05, 3.63) is 0 Å². The SMILES string of the molecule is CC1CCC1NC1CC(N)C1. The maximum atomic E-state index is 5.70. The molecule has 11 heavy (non-hydrogen) atoms. The van der Waals surface area contributed by atoms with Crippen LogP contribution < -0.4 is 11.1 Å². The Morgan fingerprint density at radius 1 is 1.27 bits per heavy atom. The molecule has 2 aliphatic carbocycles. The van der Waals surface area contributed by atoms with Crippen LogP contribution in [-0.4, -0.2) is 18.1 Å². The summed E-state index contributed by atoms with van der Waals surface area (Å²) in [5.41, 5.74) is 5.70. The first kappa shape index (κ1) is 7.56. The fraction of sp³-hybridized carbons (Fsp3) is 1.00.